The Morgan fingerprint density at radius 3 is 2.72 bits per heavy atom. The van der Waals surface area contributed by atoms with Crippen LogP contribution in [0.1, 0.15) is 12.0 Å². The lowest BCUT2D eigenvalue weighted by molar-refractivity contribution is 0.395. The van der Waals surface area contributed by atoms with Crippen LogP contribution in [0.2, 0.25) is 5.02 Å². The Hall–Kier alpha value is -2.64. The summed E-state index contributed by atoms with van der Waals surface area (Å²) in [6, 6.07) is 11.8. The Labute approximate surface area is 180 Å². The number of aromatic nitrogens is 2. The second kappa shape index (κ2) is 10.2. The minimum Gasteiger partial charge on any atom is -0.497 e. The summed E-state index contributed by atoms with van der Waals surface area (Å²) >= 11 is 12.0. The Balaban J connectivity index is 1.69. The van der Waals surface area contributed by atoms with Crippen molar-refractivity contribution in [2.45, 2.75) is 19.5 Å². The number of nitrogens with one attached hydrogen (secondary N) is 1. The highest BCUT2D eigenvalue weighted by Crippen LogP contribution is 2.27. The van der Waals surface area contributed by atoms with Crippen molar-refractivity contribution in [2.75, 3.05) is 19.0 Å². The van der Waals surface area contributed by atoms with Gasteiger partial charge in [-0.1, -0.05) is 23.7 Å². The molecule has 29 heavy (non-hydrogen) atoms. The van der Waals surface area contributed by atoms with Gasteiger partial charge in [0, 0.05) is 38.1 Å². The highest BCUT2D eigenvalue weighted by Gasteiger charge is 2.13. The summed E-state index contributed by atoms with van der Waals surface area (Å²) in [4.78, 5) is 6.10. The second-order valence-corrected chi connectivity index (χ2v) is 7.27. The normalized spacial score (nSPS) is 10.6. The number of thiocarbonyl (C=S) groups is 1. The van der Waals surface area contributed by atoms with Gasteiger partial charge in [0.05, 0.1) is 24.1 Å². The van der Waals surface area contributed by atoms with Crippen LogP contribution in [0.15, 0.2) is 61.2 Å². The highest BCUT2D eigenvalue weighted by molar-refractivity contribution is 7.80. The fourth-order valence-corrected chi connectivity index (χ4v) is 3.33. The van der Waals surface area contributed by atoms with Crippen molar-refractivity contribution < 1.29 is 9.13 Å². The van der Waals surface area contributed by atoms with Gasteiger partial charge in [0.2, 0.25) is 0 Å². The fourth-order valence-electron chi connectivity index (χ4n) is 2.84. The van der Waals surface area contributed by atoms with E-state index in [4.69, 9.17) is 28.6 Å². The lowest BCUT2D eigenvalue weighted by Gasteiger charge is -2.26. The standard InChI is InChI=1S/C21H22ClFN4OS/c1-28-18-7-8-20(19(22)13-18)25-21(29)27(11-2-10-26-12-9-24-15-26)14-16-3-5-17(23)6-4-16/h3-9,12-13,15H,2,10-11,14H2,1H3,(H,25,29). The van der Waals surface area contributed by atoms with Crippen molar-refractivity contribution in [3.8, 4) is 5.75 Å². The van der Waals surface area contributed by atoms with E-state index >= 15 is 0 Å². The molecule has 0 unspecified atom stereocenters. The third-order valence-electron chi connectivity index (χ3n) is 4.40. The second-order valence-electron chi connectivity index (χ2n) is 6.48. The average molecular weight is 433 g/mol. The Bertz CT molecular complexity index is 934. The lowest BCUT2D eigenvalue weighted by atomic mass is 10.2. The van der Waals surface area contributed by atoms with E-state index < -0.39 is 0 Å². The number of methoxy groups -OCH3 is 1. The lowest BCUT2D eigenvalue weighted by Crippen LogP contribution is -2.35. The molecule has 0 saturated carbocycles. The topological polar surface area (TPSA) is 42.3 Å². The molecule has 0 aliphatic carbocycles. The first-order chi connectivity index (χ1) is 14.0. The van der Waals surface area contributed by atoms with Crippen molar-refractivity contribution >= 4 is 34.6 Å². The fraction of sp³-hybridized carbons (Fsp3) is 0.238. The molecule has 1 heterocycles. The molecule has 152 valence electrons. The summed E-state index contributed by atoms with van der Waals surface area (Å²) in [7, 11) is 1.59. The Morgan fingerprint density at radius 2 is 2.07 bits per heavy atom. The molecule has 0 fully saturated rings. The zero-order valence-corrected chi connectivity index (χ0v) is 17.6. The van der Waals surface area contributed by atoms with E-state index in [1.54, 1.807) is 37.8 Å². The van der Waals surface area contributed by atoms with Gasteiger partial charge in [-0.25, -0.2) is 9.37 Å². The average Bonchev–Trinajstić information content (AvgIpc) is 3.23. The van der Waals surface area contributed by atoms with E-state index in [2.05, 4.69) is 10.3 Å². The summed E-state index contributed by atoms with van der Waals surface area (Å²) in [5.41, 5.74) is 1.68. The van der Waals surface area contributed by atoms with Gasteiger partial charge < -0.3 is 19.5 Å². The van der Waals surface area contributed by atoms with E-state index in [-0.39, 0.29) is 5.82 Å². The first-order valence-electron chi connectivity index (χ1n) is 9.15. The molecular weight excluding hydrogens is 411 g/mol. The van der Waals surface area contributed by atoms with Crippen LogP contribution in [-0.2, 0) is 13.1 Å². The molecule has 1 aromatic heterocycles. The number of rotatable bonds is 8. The maximum atomic E-state index is 13.3. The van der Waals surface area contributed by atoms with Crippen LogP contribution in [0, 0.1) is 5.82 Å². The molecule has 5 nitrogen and oxygen atoms in total. The predicted octanol–water partition coefficient (Wildman–Crippen LogP) is 4.97. The van der Waals surface area contributed by atoms with Gasteiger partial charge in [-0.3, -0.25) is 0 Å². The van der Waals surface area contributed by atoms with Gasteiger partial charge in [-0.05, 0) is 48.5 Å². The van der Waals surface area contributed by atoms with Gasteiger partial charge in [0.15, 0.2) is 5.11 Å². The number of benzene rings is 2. The molecule has 0 amide bonds. The van der Waals surface area contributed by atoms with Gasteiger partial charge in [-0.2, -0.15) is 0 Å². The number of anilines is 1. The maximum absolute atomic E-state index is 13.3. The SMILES string of the molecule is COc1ccc(NC(=S)N(CCCn2ccnc2)Cc2ccc(F)cc2)c(Cl)c1. The third-order valence-corrected chi connectivity index (χ3v) is 5.07. The maximum Gasteiger partial charge on any atom is 0.173 e. The van der Waals surface area contributed by atoms with Crippen molar-refractivity contribution in [1.82, 2.24) is 14.5 Å². The molecule has 0 radical (unpaired) electrons. The quantitative estimate of drug-likeness (QED) is 0.509. The minimum atomic E-state index is -0.258. The predicted molar refractivity (Wildman–Crippen MR) is 118 cm³/mol. The van der Waals surface area contributed by atoms with Crippen molar-refractivity contribution in [1.29, 1.82) is 0 Å². The third kappa shape index (κ3) is 6.17. The van der Waals surface area contributed by atoms with Gasteiger partial charge in [-0.15, -0.1) is 0 Å². The molecule has 3 rings (SSSR count). The summed E-state index contributed by atoms with van der Waals surface area (Å²) in [6.07, 6.45) is 6.35. The summed E-state index contributed by atoms with van der Waals surface area (Å²) in [6.45, 7) is 2.10. The minimum absolute atomic E-state index is 0.258. The summed E-state index contributed by atoms with van der Waals surface area (Å²) < 4.78 is 20.5. The largest absolute Gasteiger partial charge is 0.497 e. The van der Waals surface area contributed by atoms with Crippen molar-refractivity contribution in [3.05, 3.63) is 77.6 Å². The first kappa shape index (κ1) is 21.1. The smallest absolute Gasteiger partial charge is 0.173 e. The van der Waals surface area contributed by atoms with E-state index in [1.165, 1.54) is 12.1 Å². The van der Waals surface area contributed by atoms with Crippen LogP contribution in [0.3, 0.4) is 0 Å². The number of halogens is 2. The van der Waals surface area contributed by atoms with Gasteiger partial charge in [0.1, 0.15) is 11.6 Å². The number of ether oxygens (including phenoxy) is 1. The number of imidazole rings is 1. The van der Waals surface area contributed by atoms with Gasteiger partial charge in [0.25, 0.3) is 0 Å². The highest BCUT2D eigenvalue weighted by atomic mass is 35.5. The van der Waals surface area contributed by atoms with Crippen molar-refractivity contribution in [2.24, 2.45) is 0 Å². The zero-order chi connectivity index (χ0) is 20.6. The molecule has 8 heteroatoms. The number of hydrogen-bond acceptors (Lipinski definition) is 3. The van der Waals surface area contributed by atoms with Crippen LogP contribution >= 0.6 is 23.8 Å². The molecule has 0 aliphatic rings. The Kier molecular flexibility index (Phi) is 7.43. The zero-order valence-electron chi connectivity index (χ0n) is 16.0. The van der Waals surface area contributed by atoms with Crippen LogP contribution in [0.4, 0.5) is 10.1 Å². The van der Waals surface area contributed by atoms with Crippen LogP contribution in [0.5, 0.6) is 5.75 Å². The van der Waals surface area contributed by atoms with Crippen molar-refractivity contribution in [3.63, 3.8) is 0 Å². The Morgan fingerprint density at radius 1 is 1.28 bits per heavy atom. The summed E-state index contributed by atoms with van der Waals surface area (Å²) in [5.74, 6) is 0.418. The molecule has 0 saturated heterocycles. The first-order valence-corrected chi connectivity index (χ1v) is 9.93. The molecule has 3 aromatic rings. The number of nitrogens with zero attached hydrogens (tertiary/aromatic N) is 3. The van der Waals surface area contributed by atoms with E-state index in [9.17, 15) is 4.39 Å². The molecule has 2 aromatic carbocycles. The number of aryl methyl sites for hydroxylation is 1. The summed E-state index contributed by atoms with van der Waals surface area (Å²) in [5, 5.41) is 4.28. The van der Waals surface area contributed by atoms with Gasteiger partial charge >= 0.3 is 0 Å². The van der Waals surface area contributed by atoms with E-state index in [1.807, 2.05) is 27.8 Å². The molecule has 0 spiro atoms. The number of hydrogen-bond donors (Lipinski definition) is 1. The monoisotopic (exact) mass is 432 g/mol. The van der Waals surface area contributed by atoms with Crippen LogP contribution in [0.25, 0.3) is 0 Å². The van der Waals surface area contributed by atoms with Crippen LogP contribution < -0.4 is 10.1 Å². The van der Waals surface area contributed by atoms with E-state index in [0.717, 1.165) is 25.1 Å². The van der Waals surface area contributed by atoms with Crippen LogP contribution in [-0.4, -0.2) is 33.2 Å². The molecule has 1 N–H and O–H groups in total. The molecule has 0 atom stereocenters. The molecule has 0 aliphatic heterocycles. The molecular formula is C21H22ClFN4OS. The van der Waals surface area contributed by atoms with E-state index in [0.29, 0.717) is 28.1 Å². The molecule has 0 bridgehead atoms.